The standard InChI is InChI=1S/C17H28N2O.C2H6/c1-15(20)17(2,16-7-5-4-6-8-16)9-10-19-13-11-18(3)12-14-19;1-2/h4-8,15,20H,9-14H2,1-3H3;1-2H3. The van der Waals surface area contributed by atoms with E-state index in [1.54, 1.807) is 0 Å². The summed E-state index contributed by atoms with van der Waals surface area (Å²) in [5, 5.41) is 10.3. The first-order valence-electron chi connectivity index (χ1n) is 8.67. The third kappa shape index (κ3) is 5.08. The Hall–Kier alpha value is -0.900. The molecule has 22 heavy (non-hydrogen) atoms. The second kappa shape index (κ2) is 9.29. The number of rotatable bonds is 5. The molecule has 2 rings (SSSR count). The van der Waals surface area contributed by atoms with Gasteiger partial charge in [-0.15, -0.1) is 0 Å². The average molecular weight is 306 g/mol. The van der Waals surface area contributed by atoms with Crippen LogP contribution in [0.15, 0.2) is 30.3 Å². The van der Waals surface area contributed by atoms with Crippen LogP contribution in [-0.2, 0) is 5.41 Å². The van der Waals surface area contributed by atoms with Crippen molar-refractivity contribution in [2.45, 2.75) is 45.6 Å². The number of aliphatic hydroxyl groups excluding tert-OH is 1. The predicted molar refractivity (Wildman–Crippen MR) is 95.4 cm³/mol. The van der Waals surface area contributed by atoms with Crippen molar-refractivity contribution < 1.29 is 5.11 Å². The molecule has 0 saturated carbocycles. The summed E-state index contributed by atoms with van der Waals surface area (Å²) in [5.74, 6) is 0. The lowest BCUT2D eigenvalue weighted by Crippen LogP contribution is -2.46. The summed E-state index contributed by atoms with van der Waals surface area (Å²) in [6.45, 7) is 13.7. The van der Waals surface area contributed by atoms with E-state index in [1.165, 1.54) is 5.56 Å². The van der Waals surface area contributed by atoms with Gasteiger partial charge in [-0.05, 0) is 32.5 Å². The largest absolute Gasteiger partial charge is 0.393 e. The van der Waals surface area contributed by atoms with E-state index in [2.05, 4.69) is 48.0 Å². The molecule has 1 fully saturated rings. The molecule has 0 bridgehead atoms. The van der Waals surface area contributed by atoms with Gasteiger partial charge in [0.1, 0.15) is 0 Å². The normalized spacial score (nSPS) is 20.6. The highest BCUT2D eigenvalue weighted by Gasteiger charge is 2.32. The average Bonchev–Trinajstić information content (AvgIpc) is 2.56. The summed E-state index contributed by atoms with van der Waals surface area (Å²) in [6.07, 6.45) is 0.663. The Morgan fingerprint density at radius 3 is 2.14 bits per heavy atom. The van der Waals surface area contributed by atoms with Crippen molar-refractivity contribution in [3.63, 3.8) is 0 Å². The second-order valence-electron chi connectivity index (χ2n) is 6.35. The highest BCUT2D eigenvalue weighted by Crippen LogP contribution is 2.31. The molecule has 1 heterocycles. The fourth-order valence-electron chi connectivity index (χ4n) is 2.88. The fourth-order valence-corrected chi connectivity index (χ4v) is 2.88. The summed E-state index contributed by atoms with van der Waals surface area (Å²) in [5.41, 5.74) is 1.08. The highest BCUT2D eigenvalue weighted by molar-refractivity contribution is 5.25. The quantitative estimate of drug-likeness (QED) is 0.906. The minimum absolute atomic E-state index is 0.162. The lowest BCUT2D eigenvalue weighted by atomic mass is 9.75. The Kier molecular flexibility index (Phi) is 8.08. The summed E-state index contributed by atoms with van der Waals surface area (Å²) >= 11 is 0. The molecule has 2 unspecified atom stereocenters. The third-order valence-corrected chi connectivity index (χ3v) is 4.90. The molecule has 1 aliphatic rings. The van der Waals surface area contributed by atoms with Gasteiger partial charge in [0.2, 0.25) is 0 Å². The number of hydrogen-bond donors (Lipinski definition) is 1. The van der Waals surface area contributed by atoms with E-state index >= 15 is 0 Å². The molecule has 1 aliphatic heterocycles. The third-order valence-electron chi connectivity index (χ3n) is 4.90. The first-order chi connectivity index (χ1) is 10.5. The molecule has 0 amide bonds. The maximum atomic E-state index is 10.3. The summed E-state index contributed by atoms with van der Waals surface area (Å²) in [7, 11) is 2.18. The zero-order valence-corrected chi connectivity index (χ0v) is 15.0. The minimum atomic E-state index is -0.336. The minimum Gasteiger partial charge on any atom is -0.393 e. The molecular weight excluding hydrogens is 272 g/mol. The number of benzene rings is 1. The van der Waals surface area contributed by atoms with E-state index in [1.807, 2.05) is 26.8 Å². The number of piperazine rings is 1. The Balaban J connectivity index is 0.00000116. The molecule has 0 aliphatic carbocycles. The molecule has 1 aromatic rings. The van der Waals surface area contributed by atoms with Gasteiger partial charge in [-0.1, -0.05) is 51.1 Å². The van der Waals surface area contributed by atoms with Crippen LogP contribution in [0.3, 0.4) is 0 Å². The second-order valence-corrected chi connectivity index (χ2v) is 6.35. The van der Waals surface area contributed by atoms with Crippen molar-refractivity contribution in [3.05, 3.63) is 35.9 Å². The van der Waals surface area contributed by atoms with Gasteiger partial charge in [-0.25, -0.2) is 0 Å². The van der Waals surface area contributed by atoms with Gasteiger partial charge in [-0.2, -0.15) is 0 Å². The lowest BCUT2D eigenvalue weighted by Gasteiger charge is -2.38. The van der Waals surface area contributed by atoms with Crippen molar-refractivity contribution in [2.24, 2.45) is 0 Å². The van der Waals surface area contributed by atoms with Crippen LogP contribution in [0, 0.1) is 0 Å². The summed E-state index contributed by atoms with van der Waals surface area (Å²) < 4.78 is 0. The molecule has 1 saturated heterocycles. The van der Waals surface area contributed by atoms with Gasteiger partial charge >= 0.3 is 0 Å². The van der Waals surface area contributed by atoms with Crippen molar-refractivity contribution >= 4 is 0 Å². The summed E-state index contributed by atoms with van der Waals surface area (Å²) in [4.78, 5) is 4.89. The number of aliphatic hydroxyl groups is 1. The van der Waals surface area contributed by atoms with Crippen LogP contribution in [0.25, 0.3) is 0 Å². The van der Waals surface area contributed by atoms with Gasteiger partial charge in [0.25, 0.3) is 0 Å². The Morgan fingerprint density at radius 1 is 1.09 bits per heavy atom. The van der Waals surface area contributed by atoms with Crippen molar-refractivity contribution in [2.75, 3.05) is 39.8 Å². The van der Waals surface area contributed by atoms with Crippen LogP contribution >= 0.6 is 0 Å². The topological polar surface area (TPSA) is 26.7 Å². The first-order valence-corrected chi connectivity index (χ1v) is 8.67. The molecule has 0 spiro atoms. The Labute approximate surface area is 136 Å². The molecule has 3 heteroatoms. The monoisotopic (exact) mass is 306 g/mol. The molecule has 0 radical (unpaired) electrons. The van der Waals surface area contributed by atoms with Crippen molar-refractivity contribution in [1.82, 2.24) is 9.80 Å². The van der Waals surface area contributed by atoms with Gasteiger partial charge in [0, 0.05) is 31.6 Å². The zero-order valence-electron chi connectivity index (χ0n) is 15.0. The molecule has 0 aromatic heterocycles. The van der Waals surface area contributed by atoms with E-state index in [9.17, 15) is 5.11 Å². The Morgan fingerprint density at radius 2 is 1.64 bits per heavy atom. The van der Waals surface area contributed by atoms with E-state index < -0.39 is 0 Å². The zero-order chi connectivity index (χ0) is 16.6. The van der Waals surface area contributed by atoms with Gasteiger partial charge < -0.3 is 14.9 Å². The van der Waals surface area contributed by atoms with Gasteiger partial charge in [0.05, 0.1) is 6.10 Å². The number of likely N-dealkylation sites (N-methyl/N-ethyl adjacent to an activating group) is 1. The lowest BCUT2D eigenvalue weighted by molar-refractivity contribution is 0.0815. The Bertz CT molecular complexity index is 399. The van der Waals surface area contributed by atoms with E-state index in [4.69, 9.17) is 0 Å². The number of hydrogen-bond acceptors (Lipinski definition) is 3. The fraction of sp³-hybridized carbons (Fsp3) is 0.684. The van der Waals surface area contributed by atoms with Crippen LogP contribution < -0.4 is 0 Å². The van der Waals surface area contributed by atoms with Crippen LogP contribution in [0.1, 0.15) is 39.7 Å². The molecule has 1 aromatic carbocycles. The summed E-state index contributed by atoms with van der Waals surface area (Å²) in [6, 6.07) is 10.4. The molecule has 126 valence electrons. The molecule has 3 nitrogen and oxygen atoms in total. The van der Waals surface area contributed by atoms with Crippen LogP contribution in [0.4, 0.5) is 0 Å². The maximum Gasteiger partial charge on any atom is 0.0606 e. The van der Waals surface area contributed by atoms with Crippen LogP contribution in [-0.4, -0.2) is 60.8 Å². The van der Waals surface area contributed by atoms with Gasteiger partial charge in [-0.3, -0.25) is 0 Å². The SMILES string of the molecule is CC.CC(O)C(C)(CCN1CCN(C)CC1)c1ccccc1. The molecular formula is C19H34N2O. The molecule has 1 N–H and O–H groups in total. The van der Waals surface area contributed by atoms with E-state index in [0.29, 0.717) is 0 Å². The number of nitrogens with zero attached hydrogens (tertiary/aromatic N) is 2. The van der Waals surface area contributed by atoms with Crippen molar-refractivity contribution in [3.8, 4) is 0 Å². The van der Waals surface area contributed by atoms with Crippen molar-refractivity contribution in [1.29, 1.82) is 0 Å². The first kappa shape index (κ1) is 19.1. The van der Waals surface area contributed by atoms with E-state index in [-0.39, 0.29) is 11.5 Å². The van der Waals surface area contributed by atoms with Crippen LogP contribution in [0.2, 0.25) is 0 Å². The van der Waals surface area contributed by atoms with E-state index in [0.717, 1.165) is 39.1 Å². The van der Waals surface area contributed by atoms with Gasteiger partial charge in [0.15, 0.2) is 0 Å². The predicted octanol–water partition coefficient (Wildman–Crippen LogP) is 2.99. The highest BCUT2D eigenvalue weighted by atomic mass is 16.3. The van der Waals surface area contributed by atoms with Crippen LogP contribution in [0.5, 0.6) is 0 Å². The smallest absolute Gasteiger partial charge is 0.0606 e. The maximum absolute atomic E-state index is 10.3. The molecule has 2 atom stereocenters.